The molecule has 0 unspecified atom stereocenters. The van der Waals surface area contributed by atoms with Crippen LogP contribution in [0.3, 0.4) is 0 Å². The molecule has 4 nitrogen and oxygen atoms in total. The van der Waals surface area contributed by atoms with Gasteiger partial charge in [0.1, 0.15) is 5.75 Å². The smallest absolute Gasteiger partial charge is 0.416 e. The fourth-order valence-corrected chi connectivity index (χ4v) is 1.28. The van der Waals surface area contributed by atoms with E-state index in [9.17, 15) is 13.2 Å². The number of halogens is 3. The lowest BCUT2D eigenvalue weighted by atomic mass is 10.2. The molecule has 0 radical (unpaired) electrons. The number of hydrogen-bond donors (Lipinski definition) is 0. The monoisotopic (exact) mass is 258 g/mol. The van der Waals surface area contributed by atoms with Gasteiger partial charge in [0.15, 0.2) is 6.61 Å². The third-order valence-electron chi connectivity index (χ3n) is 2.11. The van der Waals surface area contributed by atoms with Gasteiger partial charge in [-0.05, 0) is 24.3 Å². The molecule has 0 N–H and O–H groups in total. The number of hydrogen-bond acceptors (Lipinski definition) is 4. The summed E-state index contributed by atoms with van der Waals surface area (Å²) in [5.74, 6) is 0.979. The van der Waals surface area contributed by atoms with Crippen molar-refractivity contribution in [3.8, 4) is 5.75 Å². The van der Waals surface area contributed by atoms with Crippen LogP contribution in [0, 0.1) is 6.92 Å². The highest BCUT2D eigenvalue weighted by Crippen LogP contribution is 2.30. The van der Waals surface area contributed by atoms with Gasteiger partial charge in [0.2, 0.25) is 5.89 Å². The normalized spacial score (nSPS) is 11.6. The Bertz CT molecular complexity index is 520. The van der Waals surface area contributed by atoms with Gasteiger partial charge in [-0.1, -0.05) is 0 Å². The van der Waals surface area contributed by atoms with E-state index in [0.717, 1.165) is 12.1 Å². The molecule has 1 aromatic carbocycles. The van der Waals surface area contributed by atoms with Crippen LogP contribution in [0.5, 0.6) is 5.75 Å². The topological polar surface area (TPSA) is 48.2 Å². The van der Waals surface area contributed by atoms with E-state index in [1.807, 2.05) is 0 Å². The molecule has 0 aliphatic carbocycles. The molecular weight excluding hydrogens is 249 g/mol. The van der Waals surface area contributed by atoms with Gasteiger partial charge in [-0.25, -0.2) is 0 Å². The Balaban J connectivity index is 1.98. The molecule has 96 valence electrons. The second-order valence-corrected chi connectivity index (χ2v) is 3.53. The van der Waals surface area contributed by atoms with Gasteiger partial charge in [-0.3, -0.25) is 0 Å². The van der Waals surface area contributed by atoms with Gasteiger partial charge in [0.05, 0.1) is 5.56 Å². The van der Waals surface area contributed by atoms with Crippen molar-refractivity contribution in [2.75, 3.05) is 0 Å². The number of ether oxygens (including phenoxy) is 1. The van der Waals surface area contributed by atoms with Crippen LogP contribution in [0.2, 0.25) is 0 Å². The SMILES string of the molecule is Cc1nnc(COc2ccc(C(F)(F)F)cc2)o1. The Morgan fingerprint density at radius 1 is 1.17 bits per heavy atom. The first-order valence-electron chi connectivity index (χ1n) is 5.04. The summed E-state index contributed by atoms with van der Waals surface area (Å²) >= 11 is 0. The zero-order valence-electron chi connectivity index (χ0n) is 9.36. The molecular formula is C11H9F3N2O2. The van der Waals surface area contributed by atoms with Crippen molar-refractivity contribution in [2.24, 2.45) is 0 Å². The van der Waals surface area contributed by atoms with Crippen LogP contribution in [0.4, 0.5) is 13.2 Å². The van der Waals surface area contributed by atoms with Crippen LogP contribution in [0.15, 0.2) is 28.7 Å². The summed E-state index contributed by atoms with van der Waals surface area (Å²) in [4.78, 5) is 0. The fourth-order valence-electron chi connectivity index (χ4n) is 1.28. The number of aromatic nitrogens is 2. The summed E-state index contributed by atoms with van der Waals surface area (Å²) in [5.41, 5.74) is -0.719. The minimum Gasteiger partial charge on any atom is -0.484 e. The number of nitrogens with zero attached hydrogens (tertiary/aromatic N) is 2. The van der Waals surface area contributed by atoms with E-state index < -0.39 is 11.7 Å². The number of aryl methyl sites for hydroxylation is 1. The molecule has 1 heterocycles. The molecule has 2 aromatic rings. The maximum absolute atomic E-state index is 12.3. The van der Waals surface area contributed by atoms with Gasteiger partial charge in [0.25, 0.3) is 5.89 Å². The van der Waals surface area contributed by atoms with Crippen molar-refractivity contribution in [3.05, 3.63) is 41.6 Å². The van der Waals surface area contributed by atoms with E-state index in [4.69, 9.17) is 9.15 Å². The molecule has 0 fully saturated rings. The molecule has 1 aromatic heterocycles. The van der Waals surface area contributed by atoms with Crippen LogP contribution in [0.25, 0.3) is 0 Å². The predicted octanol–water partition coefficient (Wildman–Crippen LogP) is 2.98. The maximum atomic E-state index is 12.3. The summed E-state index contributed by atoms with van der Waals surface area (Å²) in [5, 5.41) is 7.30. The first kappa shape index (κ1) is 12.4. The van der Waals surface area contributed by atoms with Crippen molar-refractivity contribution in [1.29, 1.82) is 0 Å². The van der Waals surface area contributed by atoms with Crippen molar-refractivity contribution in [2.45, 2.75) is 19.7 Å². The Hall–Kier alpha value is -2.05. The highest BCUT2D eigenvalue weighted by molar-refractivity contribution is 5.28. The standard InChI is InChI=1S/C11H9F3N2O2/c1-7-15-16-10(18-7)6-17-9-4-2-8(3-5-9)11(12,13)14/h2-5H,6H2,1H3. The van der Waals surface area contributed by atoms with Gasteiger partial charge in [-0.2, -0.15) is 13.2 Å². The Kier molecular flexibility index (Phi) is 3.22. The second kappa shape index (κ2) is 4.67. The average molecular weight is 258 g/mol. The quantitative estimate of drug-likeness (QED) is 0.849. The summed E-state index contributed by atoms with van der Waals surface area (Å²) in [6.45, 7) is 1.65. The lowest BCUT2D eigenvalue weighted by molar-refractivity contribution is -0.137. The minimum atomic E-state index is -4.35. The van der Waals surface area contributed by atoms with Gasteiger partial charge >= 0.3 is 6.18 Å². The fraction of sp³-hybridized carbons (Fsp3) is 0.273. The average Bonchev–Trinajstić information content (AvgIpc) is 2.72. The first-order chi connectivity index (χ1) is 8.45. The van der Waals surface area contributed by atoms with Gasteiger partial charge in [-0.15, -0.1) is 10.2 Å². The predicted molar refractivity (Wildman–Crippen MR) is 54.8 cm³/mol. The summed E-state index contributed by atoms with van der Waals surface area (Å²) in [6.07, 6.45) is -4.35. The van der Waals surface area contributed by atoms with E-state index in [1.165, 1.54) is 12.1 Å². The van der Waals surface area contributed by atoms with E-state index in [1.54, 1.807) is 6.92 Å². The molecule has 0 amide bonds. The van der Waals surface area contributed by atoms with Crippen molar-refractivity contribution in [3.63, 3.8) is 0 Å². The lowest BCUT2D eigenvalue weighted by Crippen LogP contribution is -2.04. The van der Waals surface area contributed by atoms with Crippen molar-refractivity contribution in [1.82, 2.24) is 10.2 Å². The molecule has 0 atom stereocenters. The van der Waals surface area contributed by atoms with Crippen LogP contribution in [0.1, 0.15) is 17.3 Å². The second-order valence-electron chi connectivity index (χ2n) is 3.53. The van der Waals surface area contributed by atoms with E-state index in [2.05, 4.69) is 10.2 Å². The molecule has 0 spiro atoms. The summed E-state index contributed by atoms with van der Waals surface area (Å²) < 4.78 is 47.2. The third-order valence-corrected chi connectivity index (χ3v) is 2.11. The molecule has 0 bridgehead atoms. The molecule has 0 saturated heterocycles. The van der Waals surface area contributed by atoms with E-state index in [0.29, 0.717) is 11.6 Å². The van der Waals surface area contributed by atoms with E-state index in [-0.39, 0.29) is 12.5 Å². The molecule has 18 heavy (non-hydrogen) atoms. The zero-order chi connectivity index (χ0) is 13.2. The Labute approximate surface area is 100 Å². The van der Waals surface area contributed by atoms with Crippen LogP contribution in [-0.4, -0.2) is 10.2 Å². The molecule has 0 aliphatic heterocycles. The number of benzene rings is 1. The molecule has 2 rings (SSSR count). The van der Waals surface area contributed by atoms with Gasteiger partial charge in [0, 0.05) is 6.92 Å². The van der Waals surface area contributed by atoms with Gasteiger partial charge < -0.3 is 9.15 Å². The molecule has 7 heteroatoms. The largest absolute Gasteiger partial charge is 0.484 e. The third kappa shape index (κ3) is 2.99. The minimum absolute atomic E-state index is 0.0200. The Morgan fingerprint density at radius 3 is 2.33 bits per heavy atom. The first-order valence-corrected chi connectivity index (χ1v) is 5.04. The summed E-state index contributed by atoms with van der Waals surface area (Å²) in [6, 6.07) is 4.39. The highest BCUT2D eigenvalue weighted by atomic mass is 19.4. The number of alkyl halides is 3. The molecule has 0 saturated carbocycles. The number of rotatable bonds is 3. The summed E-state index contributed by atoms with van der Waals surface area (Å²) in [7, 11) is 0. The lowest BCUT2D eigenvalue weighted by Gasteiger charge is -2.07. The Morgan fingerprint density at radius 2 is 1.83 bits per heavy atom. The van der Waals surface area contributed by atoms with E-state index >= 15 is 0 Å². The van der Waals surface area contributed by atoms with Crippen molar-refractivity contribution < 1.29 is 22.3 Å². The highest BCUT2D eigenvalue weighted by Gasteiger charge is 2.29. The van der Waals surface area contributed by atoms with Crippen LogP contribution >= 0.6 is 0 Å². The molecule has 0 aliphatic rings. The van der Waals surface area contributed by atoms with Crippen LogP contribution in [-0.2, 0) is 12.8 Å². The zero-order valence-corrected chi connectivity index (χ0v) is 9.36. The van der Waals surface area contributed by atoms with Crippen molar-refractivity contribution >= 4 is 0 Å². The van der Waals surface area contributed by atoms with Crippen LogP contribution < -0.4 is 4.74 Å². The maximum Gasteiger partial charge on any atom is 0.416 e.